The number of benzene rings is 2. The van der Waals surface area contributed by atoms with E-state index in [2.05, 4.69) is 81.2 Å². The summed E-state index contributed by atoms with van der Waals surface area (Å²) in [6.07, 6.45) is 1.96. The molecule has 1 unspecified atom stereocenters. The van der Waals surface area contributed by atoms with Crippen molar-refractivity contribution in [2.75, 3.05) is 31.1 Å². The molecular weight excluding hydrogens is 410 g/mol. The number of anilines is 1. The van der Waals surface area contributed by atoms with E-state index in [1.807, 2.05) is 0 Å². The van der Waals surface area contributed by atoms with Crippen LogP contribution in [0.4, 0.5) is 5.69 Å². The van der Waals surface area contributed by atoms with E-state index in [9.17, 15) is 0 Å². The molecule has 1 aliphatic heterocycles. The van der Waals surface area contributed by atoms with Crippen molar-refractivity contribution >= 4 is 34.0 Å². The molecule has 1 heterocycles. The van der Waals surface area contributed by atoms with E-state index < -0.39 is 0 Å². The van der Waals surface area contributed by atoms with Gasteiger partial charge in [0.05, 0.1) is 0 Å². The predicted octanol–water partition coefficient (Wildman–Crippen LogP) is 4.47. The van der Waals surface area contributed by atoms with E-state index in [0.717, 1.165) is 50.0 Å². The number of nitrogens with two attached hydrogens (primary N) is 1. The van der Waals surface area contributed by atoms with Gasteiger partial charge in [-0.3, -0.25) is 4.90 Å². The Bertz CT molecular complexity index is 672. The van der Waals surface area contributed by atoms with Gasteiger partial charge in [-0.2, -0.15) is 0 Å². The zero-order valence-electron chi connectivity index (χ0n) is 15.4. The minimum atomic E-state index is 0. The Morgan fingerprint density at radius 1 is 1.04 bits per heavy atom. The molecule has 2 aromatic carbocycles. The maximum absolute atomic E-state index is 6.21. The molecule has 0 aliphatic carbocycles. The summed E-state index contributed by atoms with van der Waals surface area (Å²) in [5.74, 6) is 0. The summed E-state index contributed by atoms with van der Waals surface area (Å²) >= 11 is 3.63. The molecule has 142 valence electrons. The van der Waals surface area contributed by atoms with Crippen LogP contribution in [0.25, 0.3) is 0 Å². The fraction of sp³-hybridized carbons (Fsp3) is 0.429. The highest BCUT2D eigenvalue weighted by Gasteiger charge is 2.20. The van der Waals surface area contributed by atoms with Crippen molar-refractivity contribution in [3.05, 3.63) is 64.1 Å². The quantitative estimate of drug-likeness (QED) is 0.722. The number of nitrogens with zero attached hydrogens (tertiary/aromatic N) is 2. The van der Waals surface area contributed by atoms with E-state index in [0.29, 0.717) is 0 Å². The van der Waals surface area contributed by atoms with Crippen molar-refractivity contribution in [3.8, 4) is 0 Å². The molecule has 1 atom stereocenters. The molecule has 0 radical (unpaired) electrons. The second-order valence-electron chi connectivity index (χ2n) is 6.89. The maximum Gasteiger partial charge on any atom is 0.0411 e. The van der Waals surface area contributed by atoms with E-state index in [4.69, 9.17) is 5.73 Å². The van der Waals surface area contributed by atoms with Gasteiger partial charge >= 0.3 is 0 Å². The molecule has 0 spiro atoms. The fourth-order valence-electron chi connectivity index (χ4n) is 3.42. The third kappa shape index (κ3) is 5.71. The molecule has 2 aromatic rings. The van der Waals surface area contributed by atoms with Crippen LogP contribution in [0.15, 0.2) is 53.0 Å². The molecule has 5 heteroatoms. The van der Waals surface area contributed by atoms with E-state index in [1.54, 1.807) is 0 Å². The SMILES string of the molecule is CCC(N)Cc1ccc(Br)cc1N1CCN(Cc2ccccc2)CC1.Cl. The first kappa shape index (κ1) is 21.2. The van der Waals surface area contributed by atoms with Crippen LogP contribution in [-0.2, 0) is 13.0 Å². The number of hydrogen-bond acceptors (Lipinski definition) is 3. The van der Waals surface area contributed by atoms with Crippen LogP contribution in [0.1, 0.15) is 24.5 Å². The molecule has 1 saturated heterocycles. The monoisotopic (exact) mass is 437 g/mol. The topological polar surface area (TPSA) is 32.5 Å². The van der Waals surface area contributed by atoms with Gasteiger partial charge in [-0.05, 0) is 36.1 Å². The van der Waals surface area contributed by atoms with Gasteiger partial charge in [0.1, 0.15) is 0 Å². The van der Waals surface area contributed by atoms with Crippen molar-refractivity contribution in [2.24, 2.45) is 5.73 Å². The van der Waals surface area contributed by atoms with Crippen LogP contribution in [0.3, 0.4) is 0 Å². The second kappa shape index (κ2) is 10.3. The Kier molecular flexibility index (Phi) is 8.42. The summed E-state index contributed by atoms with van der Waals surface area (Å²) in [7, 11) is 0. The normalized spacial score (nSPS) is 16.2. The Labute approximate surface area is 172 Å². The van der Waals surface area contributed by atoms with E-state index >= 15 is 0 Å². The standard InChI is InChI=1S/C21H28BrN3.ClH/c1-2-20(23)14-18-8-9-19(22)15-21(18)25-12-10-24(11-13-25)16-17-6-4-3-5-7-17;/h3-9,15,20H,2,10-14,16,23H2,1H3;1H. The van der Waals surface area contributed by atoms with Crippen LogP contribution in [-0.4, -0.2) is 37.1 Å². The zero-order valence-corrected chi connectivity index (χ0v) is 17.8. The Morgan fingerprint density at radius 3 is 2.38 bits per heavy atom. The van der Waals surface area contributed by atoms with Crippen LogP contribution in [0.2, 0.25) is 0 Å². The molecule has 1 aliphatic rings. The highest BCUT2D eigenvalue weighted by molar-refractivity contribution is 9.10. The zero-order chi connectivity index (χ0) is 17.6. The van der Waals surface area contributed by atoms with Crippen LogP contribution in [0, 0.1) is 0 Å². The Morgan fingerprint density at radius 2 is 1.73 bits per heavy atom. The van der Waals surface area contributed by atoms with Gasteiger partial charge in [-0.25, -0.2) is 0 Å². The number of halogens is 2. The van der Waals surface area contributed by atoms with Crippen molar-refractivity contribution in [3.63, 3.8) is 0 Å². The predicted molar refractivity (Wildman–Crippen MR) is 117 cm³/mol. The first-order valence-corrected chi connectivity index (χ1v) is 10.00. The minimum Gasteiger partial charge on any atom is -0.369 e. The summed E-state index contributed by atoms with van der Waals surface area (Å²) in [4.78, 5) is 5.06. The van der Waals surface area contributed by atoms with Crippen molar-refractivity contribution in [1.29, 1.82) is 0 Å². The highest BCUT2D eigenvalue weighted by atomic mass is 79.9. The number of rotatable bonds is 6. The molecule has 26 heavy (non-hydrogen) atoms. The Balaban J connectivity index is 0.00000243. The lowest BCUT2D eigenvalue weighted by molar-refractivity contribution is 0.249. The number of hydrogen-bond donors (Lipinski definition) is 1. The van der Waals surface area contributed by atoms with Gasteiger partial charge in [0.25, 0.3) is 0 Å². The minimum absolute atomic E-state index is 0. The van der Waals surface area contributed by atoms with Crippen LogP contribution in [0.5, 0.6) is 0 Å². The van der Waals surface area contributed by atoms with Gasteiger partial charge in [0, 0.05) is 48.9 Å². The Hall–Kier alpha value is -1.07. The van der Waals surface area contributed by atoms with Crippen LogP contribution < -0.4 is 10.6 Å². The third-order valence-electron chi connectivity index (χ3n) is 5.02. The summed E-state index contributed by atoms with van der Waals surface area (Å²) in [5, 5.41) is 0. The largest absolute Gasteiger partial charge is 0.369 e. The molecule has 0 amide bonds. The lowest BCUT2D eigenvalue weighted by Crippen LogP contribution is -2.46. The van der Waals surface area contributed by atoms with Gasteiger partial charge < -0.3 is 10.6 Å². The van der Waals surface area contributed by atoms with Gasteiger partial charge in [-0.1, -0.05) is 59.3 Å². The molecule has 1 fully saturated rings. The van der Waals surface area contributed by atoms with Crippen molar-refractivity contribution < 1.29 is 0 Å². The van der Waals surface area contributed by atoms with Gasteiger partial charge in [-0.15, -0.1) is 12.4 Å². The molecule has 0 saturated carbocycles. The van der Waals surface area contributed by atoms with Crippen molar-refractivity contribution in [2.45, 2.75) is 32.4 Å². The highest BCUT2D eigenvalue weighted by Crippen LogP contribution is 2.27. The smallest absolute Gasteiger partial charge is 0.0411 e. The summed E-state index contributed by atoms with van der Waals surface area (Å²) in [5.41, 5.74) is 10.3. The fourth-order valence-corrected chi connectivity index (χ4v) is 3.77. The maximum atomic E-state index is 6.21. The summed E-state index contributed by atoms with van der Waals surface area (Å²) < 4.78 is 1.14. The van der Waals surface area contributed by atoms with E-state index in [-0.39, 0.29) is 18.4 Å². The second-order valence-corrected chi connectivity index (χ2v) is 7.81. The van der Waals surface area contributed by atoms with Gasteiger partial charge in [0.2, 0.25) is 0 Å². The third-order valence-corrected chi connectivity index (χ3v) is 5.51. The van der Waals surface area contributed by atoms with E-state index in [1.165, 1.54) is 16.8 Å². The molecule has 0 bridgehead atoms. The lowest BCUT2D eigenvalue weighted by Gasteiger charge is -2.37. The average molecular weight is 439 g/mol. The number of piperazine rings is 1. The average Bonchev–Trinajstić information content (AvgIpc) is 2.64. The molecule has 2 N–H and O–H groups in total. The lowest BCUT2D eigenvalue weighted by atomic mass is 10.0. The molecule has 3 nitrogen and oxygen atoms in total. The summed E-state index contributed by atoms with van der Waals surface area (Å²) in [6.45, 7) is 7.53. The first-order valence-electron chi connectivity index (χ1n) is 9.21. The molecule has 3 rings (SSSR count). The van der Waals surface area contributed by atoms with Gasteiger partial charge in [0.15, 0.2) is 0 Å². The molecule has 0 aromatic heterocycles. The van der Waals surface area contributed by atoms with Crippen LogP contribution >= 0.6 is 28.3 Å². The summed E-state index contributed by atoms with van der Waals surface area (Å²) in [6, 6.07) is 17.6. The first-order chi connectivity index (χ1) is 12.2. The van der Waals surface area contributed by atoms with Crippen molar-refractivity contribution in [1.82, 2.24) is 4.90 Å². The molecular formula is C21H29BrClN3.